The summed E-state index contributed by atoms with van der Waals surface area (Å²) in [6.45, 7) is 7.21. The van der Waals surface area contributed by atoms with Gasteiger partial charge in [-0.3, -0.25) is 4.90 Å². The monoisotopic (exact) mass is 274 g/mol. The van der Waals surface area contributed by atoms with Gasteiger partial charge < -0.3 is 15.5 Å². The van der Waals surface area contributed by atoms with Gasteiger partial charge in [0, 0.05) is 56.7 Å². The van der Waals surface area contributed by atoms with Gasteiger partial charge in [-0.2, -0.15) is 0 Å². The molecule has 0 bridgehead atoms. The molecule has 0 unspecified atom stereocenters. The number of nitrogen functional groups attached to an aromatic ring is 1. The molecule has 1 aromatic carbocycles. The molecule has 0 aromatic heterocycles. The Balaban J connectivity index is 1.54. The highest BCUT2D eigenvalue weighted by atomic mass is 15.3. The summed E-state index contributed by atoms with van der Waals surface area (Å²) in [7, 11) is 2.22. The van der Waals surface area contributed by atoms with Gasteiger partial charge >= 0.3 is 0 Å². The van der Waals surface area contributed by atoms with E-state index in [1.165, 1.54) is 44.7 Å². The van der Waals surface area contributed by atoms with Crippen LogP contribution in [0.3, 0.4) is 0 Å². The van der Waals surface area contributed by atoms with E-state index in [-0.39, 0.29) is 0 Å². The Hall–Kier alpha value is -1.26. The minimum atomic E-state index is 0.779. The quantitative estimate of drug-likeness (QED) is 0.829. The third-order valence-corrected chi connectivity index (χ3v) is 4.75. The number of hydrogen-bond acceptors (Lipinski definition) is 4. The molecule has 2 fully saturated rings. The largest absolute Gasteiger partial charge is 0.399 e. The second kappa shape index (κ2) is 6.02. The summed E-state index contributed by atoms with van der Waals surface area (Å²) in [4.78, 5) is 7.60. The minimum Gasteiger partial charge on any atom is -0.399 e. The van der Waals surface area contributed by atoms with E-state index in [9.17, 15) is 0 Å². The van der Waals surface area contributed by atoms with Crippen LogP contribution in [0.25, 0.3) is 0 Å². The summed E-state index contributed by atoms with van der Waals surface area (Å²) in [5, 5.41) is 0. The molecule has 0 amide bonds. The van der Waals surface area contributed by atoms with Crippen molar-refractivity contribution in [2.75, 3.05) is 56.9 Å². The highest BCUT2D eigenvalue weighted by molar-refractivity contribution is 5.56. The molecular weight excluding hydrogens is 248 g/mol. The van der Waals surface area contributed by atoms with E-state index in [2.05, 4.69) is 39.9 Å². The molecule has 2 heterocycles. The number of hydrogen-bond donors (Lipinski definition) is 1. The standard InChI is InChI=1S/C16H26N4/c1-18-9-11-20(12-10-18)15-5-7-19(8-6-15)16-4-2-3-14(17)13-16/h2-4,13,15H,5-12,17H2,1H3. The zero-order valence-electron chi connectivity index (χ0n) is 12.5. The molecule has 0 atom stereocenters. The first-order valence-corrected chi connectivity index (χ1v) is 7.75. The first kappa shape index (κ1) is 13.7. The molecule has 4 heteroatoms. The summed E-state index contributed by atoms with van der Waals surface area (Å²) in [6.07, 6.45) is 2.55. The third-order valence-electron chi connectivity index (χ3n) is 4.75. The molecule has 0 saturated carbocycles. The molecule has 0 aliphatic carbocycles. The molecule has 0 spiro atoms. The van der Waals surface area contributed by atoms with Crippen molar-refractivity contribution in [3.63, 3.8) is 0 Å². The summed E-state index contributed by atoms with van der Waals surface area (Å²) < 4.78 is 0. The van der Waals surface area contributed by atoms with Crippen LogP contribution in [0.15, 0.2) is 24.3 Å². The van der Waals surface area contributed by atoms with Gasteiger partial charge in [-0.05, 0) is 38.1 Å². The van der Waals surface area contributed by atoms with E-state index in [1.807, 2.05) is 6.07 Å². The normalized spacial score (nSPS) is 23.1. The lowest BCUT2D eigenvalue weighted by molar-refractivity contribution is 0.0982. The van der Waals surface area contributed by atoms with E-state index >= 15 is 0 Å². The van der Waals surface area contributed by atoms with Crippen LogP contribution in [0.4, 0.5) is 11.4 Å². The fourth-order valence-corrected chi connectivity index (χ4v) is 3.40. The van der Waals surface area contributed by atoms with Gasteiger partial charge in [0.1, 0.15) is 0 Å². The summed E-state index contributed by atoms with van der Waals surface area (Å²) in [5.41, 5.74) is 8.03. The minimum absolute atomic E-state index is 0.779. The number of benzene rings is 1. The van der Waals surface area contributed by atoms with Gasteiger partial charge in [0.05, 0.1) is 0 Å². The number of piperidine rings is 1. The van der Waals surface area contributed by atoms with E-state index in [4.69, 9.17) is 5.73 Å². The van der Waals surface area contributed by atoms with Crippen LogP contribution < -0.4 is 10.6 Å². The molecule has 1 aromatic rings. The van der Waals surface area contributed by atoms with Crippen LogP contribution >= 0.6 is 0 Å². The first-order valence-electron chi connectivity index (χ1n) is 7.75. The van der Waals surface area contributed by atoms with Crippen molar-refractivity contribution in [3.8, 4) is 0 Å². The molecule has 110 valence electrons. The number of nitrogens with zero attached hydrogens (tertiary/aromatic N) is 3. The summed E-state index contributed by atoms with van der Waals surface area (Å²) in [6, 6.07) is 9.06. The Bertz CT molecular complexity index is 432. The molecule has 20 heavy (non-hydrogen) atoms. The summed E-state index contributed by atoms with van der Waals surface area (Å²) in [5.74, 6) is 0. The fraction of sp³-hybridized carbons (Fsp3) is 0.625. The van der Waals surface area contributed by atoms with Gasteiger partial charge in [-0.25, -0.2) is 0 Å². The lowest BCUT2D eigenvalue weighted by atomic mass is 10.0. The highest BCUT2D eigenvalue weighted by Crippen LogP contribution is 2.24. The Labute approximate surface area is 122 Å². The van der Waals surface area contributed by atoms with E-state index in [0.29, 0.717) is 0 Å². The molecule has 0 radical (unpaired) electrons. The molecule has 4 nitrogen and oxygen atoms in total. The molecular formula is C16H26N4. The molecule has 2 N–H and O–H groups in total. The van der Waals surface area contributed by atoms with E-state index < -0.39 is 0 Å². The Morgan fingerprint density at radius 3 is 2.35 bits per heavy atom. The van der Waals surface area contributed by atoms with Crippen molar-refractivity contribution in [2.24, 2.45) is 0 Å². The molecule has 3 rings (SSSR count). The number of anilines is 2. The van der Waals surface area contributed by atoms with Crippen molar-refractivity contribution >= 4 is 11.4 Å². The zero-order chi connectivity index (χ0) is 13.9. The van der Waals surface area contributed by atoms with Crippen LogP contribution in [-0.2, 0) is 0 Å². The number of likely N-dealkylation sites (N-methyl/N-ethyl adjacent to an activating group) is 1. The Morgan fingerprint density at radius 1 is 1.00 bits per heavy atom. The Morgan fingerprint density at radius 2 is 1.70 bits per heavy atom. The smallest absolute Gasteiger partial charge is 0.0386 e. The average molecular weight is 274 g/mol. The van der Waals surface area contributed by atoms with E-state index in [0.717, 1.165) is 24.8 Å². The number of piperazine rings is 1. The summed E-state index contributed by atoms with van der Waals surface area (Å²) >= 11 is 0. The van der Waals surface area contributed by atoms with Crippen molar-refractivity contribution in [2.45, 2.75) is 18.9 Å². The van der Waals surface area contributed by atoms with Crippen molar-refractivity contribution in [1.29, 1.82) is 0 Å². The van der Waals surface area contributed by atoms with Crippen LogP contribution in [0.1, 0.15) is 12.8 Å². The lowest BCUT2D eigenvalue weighted by Gasteiger charge is -2.42. The van der Waals surface area contributed by atoms with Gasteiger partial charge in [0.15, 0.2) is 0 Å². The van der Waals surface area contributed by atoms with Crippen molar-refractivity contribution in [1.82, 2.24) is 9.80 Å². The van der Waals surface area contributed by atoms with Crippen LogP contribution in [0, 0.1) is 0 Å². The van der Waals surface area contributed by atoms with Crippen LogP contribution in [0.5, 0.6) is 0 Å². The molecule has 2 aliphatic heterocycles. The lowest BCUT2D eigenvalue weighted by Crippen LogP contribution is -2.52. The zero-order valence-corrected chi connectivity index (χ0v) is 12.5. The van der Waals surface area contributed by atoms with Gasteiger partial charge in [0.2, 0.25) is 0 Å². The maximum atomic E-state index is 5.88. The Kier molecular flexibility index (Phi) is 4.13. The van der Waals surface area contributed by atoms with Crippen LogP contribution in [0.2, 0.25) is 0 Å². The van der Waals surface area contributed by atoms with Gasteiger partial charge in [0.25, 0.3) is 0 Å². The second-order valence-corrected chi connectivity index (χ2v) is 6.15. The first-order chi connectivity index (χ1) is 9.72. The van der Waals surface area contributed by atoms with E-state index in [1.54, 1.807) is 0 Å². The number of rotatable bonds is 2. The topological polar surface area (TPSA) is 35.7 Å². The second-order valence-electron chi connectivity index (χ2n) is 6.15. The fourth-order valence-electron chi connectivity index (χ4n) is 3.40. The molecule has 2 saturated heterocycles. The third kappa shape index (κ3) is 3.07. The maximum Gasteiger partial charge on any atom is 0.0386 e. The predicted molar refractivity (Wildman–Crippen MR) is 85.2 cm³/mol. The van der Waals surface area contributed by atoms with Gasteiger partial charge in [-0.1, -0.05) is 6.07 Å². The SMILES string of the molecule is CN1CCN(C2CCN(c3cccc(N)c3)CC2)CC1. The number of nitrogens with two attached hydrogens (primary N) is 1. The van der Waals surface area contributed by atoms with Gasteiger partial charge in [-0.15, -0.1) is 0 Å². The highest BCUT2D eigenvalue weighted by Gasteiger charge is 2.26. The predicted octanol–water partition coefficient (Wildman–Crippen LogP) is 1.48. The maximum absolute atomic E-state index is 5.88. The van der Waals surface area contributed by atoms with Crippen molar-refractivity contribution < 1.29 is 0 Å². The van der Waals surface area contributed by atoms with Crippen molar-refractivity contribution in [3.05, 3.63) is 24.3 Å². The van der Waals surface area contributed by atoms with Crippen LogP contribution in [-0.4, -0.2) is 62.2 Å². The average Bonchev–Trinajstić information content (AvgIpc) is 2.48. The molecule has 2 aliphatic rings.